The molecule has 2 aromatic rings. The molecule has 2 rings (SSSR count). The van der Waals surface area contributed by atoms with E-state index in [1.165, 1.54) is 11.1 Å². The molecule has 0 spiro atoms. The highest BCUT2D eigenvalue weighted by Gasteiger charge is 2.02. The van der Waals surface area contributed by atoms with Gasteiger partial charge < -0.3 is 0 Å². The summed E-state index contributed by atoms with van der Waals surface area (Å²) < 4.78 is 1.10. The van der Waals surface area contributed by atoms with E-state index in [0.29, 0.717) is 0 Å². The lowest BCUT2D eigenvalue weighted by atomic mass is 10.0. The molecule has 0 atom stereocenters. The molecule has 2 heteroatoms. The molecule has 15 heavy (non-hydrogen) atoms. The lowest BCUT2D eigenvalue weighted by Crippen LogP contribution is -1.82. The van der Waals surface area contributed by atoms with Gasteiger partial charge in [-0.25, -0.2) is 0 Å². The quantitative estimate of drug-likeness (QED) is 0.684. The zero-order valence-electron chi connectivity index (χ0n) is 8.30. The fourth-order valence-electron chi connectivity index (χ4n) is 1.61. The van der Waals surface area contributed by atoms with E-state index < -0.39 is 0 Å². The highest BCUT2D eigenvalue weighted by atomic mass is 79.9. The average molecular weight is 282 g/mol. The van der Waals surface area contributed by atoms with Crippen LogP contribution in [-0.4, -0.2) is 0 Å². The molecular formula is C13H10BrCl. The molecule has 2 aromatic carbocycles. The molecular weight excluding hydrogens is 272 g/mol. The van der Waals surface area contributed by atoms with Crippen LogP contribution in [-0.2, 0) is 0 Å². The summed E-state index contributed by atoms with van der Waals surface area (Å²) >= 11 is 9.43. The van der Waals surface area contributed by atoms with Gasteiger partial charge in [0.05, 0.1) is 0 Å². The first-order chi connectivity index (χ1) is 7.16. The van der Waals surface area contributed by atoms with Crippen LogP contribution in [0.3, 0.4) is 0 Å². The number of benzene rings is 2. The van der Waals surface area contributed by atoms with Gasteiger partial charge in [-0.2, -0.15) is 0 Å². The van der Waals surface area contributed by atoms with Crippen molar-refractivity contribution in [3.05, 3.63) is 57.5 Å². The van der Waals surface area contributed by atoms with Crippen LogP contribution in [0.25, 0.3) is 11.1 Å². The van der Waals surface area contributed by atoms with Gasteiger partial charge in [-0.05, 0) is 47.9 Å². The van der Waals surface area contributed by atoms with Crippen molar-refractivity contribution in [2.24, 2.45) is 0 Å². The molecule has 0 heterocycles. The van der Waals surface area contributed by atoms with Gasteiger partial charge in [0.25, 0.3) is 0 Å². The van der Waals surface area contributed by atoms with E-state index in [9.17, 15) is 0 Å². The highest BCUT2D eigenvalue weighted by molar-refractivity contribution is 9.10. The molecule has 76 valence electrons. The summed E-state index contributed by atoms with van der Waals surface area (Å²) in [6.07, 6.45) is 0. The standard InChI is InChI=1S/C13H10BrCl/c1-9-7-11(14)5-6-13(9)10-3-2-4-12(15)8-10/h2-8H,1H3. The van der Waals surface area contributed by atoms with E-state index in [1.807, 2.05) is 24.3 Å². The Morgan fingerprint density at radius 1 is 1.07 bits per heavy atom. The van der Waals surface area contributed by atoms with Crippen molar-refractivity contribution in [2.45, 2.75) is 6.92 Å². The second kappa shape index (κ2) is 4.38. The average Bonchev–Trinajstić information content (AvgIpc) is 2.17. The van der Waals surface area contributed by atoms with Gasteiger partial charge in [-0.1, -0.05) is 45.7 Å². The van der Waals surface area contributed by atoms with Crippen LogP contribution in [0.2, 0.25) is 5.02 Å². The molecule has 0 aromatic heterocycles. The van der Waals surface area contributed by atoms with E-state index in [4.69, 9.17) is 11.6 Å². The Balaban J connectivity index is 2.54. The summed E-state index contributed by atoms with van der Waals surface area (Å²) in [5.41, 5.74) is 3.62. The number of rotatable bonds is 1. The van der Waals surface area contributed by atoms with Crippen LogP contribution >= 0.6 is 27.5 Å². The van der Waals surface area contributed by atoms with E-state index in [1.54, 1.807) is 0 Å². The Hall–Kier alpha value is -0.790. The Bertz CT molecular complexity index is 492. The van der Waals surface area contributed by atoms with Crippen molar-refractivity contribution >= 4 is 27.5 Å². The Morgan fingerprint density at radius 3 is 2.53 bits per heavy atom. The summed E-state index contributed by atoms with van der Waals surface area (Å²) in [5.74, 6) is 0. The number of hydrogen-bond donors (Lipinski definition) is 0. The fraction of sp³-hybridized carbons (Fsp3) is 0.0769. The first kappa shape index (κ1) is 10.7. The maximum Gasteiger partial charge on any atom is 0.0412 e. The summed E-state index contributed by atoms with van der Waals surface area (Å²) in [4.78, 5) is 0. The number of aryl methyl sites for hydroxylation is 1. The minimum absolute atomic E-state index is 0.773. The summed E-state index contributed by atoms with van der Waals surface area (Å²) in [6, 6.07) is 14.2. The van der Waals surface area contributed by atoms with Crippen LogP contribution in [0.1, 0.15) is 5.56 Å². The van der Waals surface area contributed by atoms with Gasteiger partial charge in [-0.3, -0.25) is 0 Å². The minimum atomic E-state index is 0.773. The van der Waals surface area contributed by atoms with Gasteiger partial charge in [0.2, 0.25) is 0 Å². The van der Waals surface area contributed by atoms with Gasteiger partial charge in [0.15, 0.2) is 0 Å². The molecule has 0 aliphatic heterocycles. The Labute approximate surface area is 103 Å². The monoisotopic (exact) mass is 280 g/mol. The van der Waals surface area contributed by atoms with Crippen molar-refractivity contribution in [1.82, 2.24) is 0 Å². The molecule has 0 aliphatic rings. The molecule has 0 N–H and O–H groups in total. The van der Waals surface area contributed by atoms with E-state index in [2.05, 4.69) is 41.1 Å². The number of hydrogen-bond acceptors (Lipinski definition) is 0. The van der Waals surface area contributed by atoms with Gasteiger partial charge in [-0.15, -0.1) is 0 Å². The molecule has 0 unspecified atom stereocenters. The van der Waals surface area contributed by atoms with Crippen molar-refractivity contribution in [2.75, 3.05) is 0 Å². The lowest BCUT2D eigenvalue weighted by Gasteiger charge is -2.06. The van der Waals surface area contributed by atoms with Crippen molar-refractivity contribution in [3.63, 3.8) is 0 Å². The third kappa shape index (κ3) is 2.42. The Kier molecular flexibility index (Phi) is 3.13. The lowest BCUT2D eigenvalue weighted by molar-refractivity contribution is 1.44. The van der Waals surface area contributed by atoms with Gasteiger partial charge in [0, 0.05) is 9.50 Å². The summed E-state index contributed by atoms with van der Waals surface area (Å²) in [5, 5.41) is 0.773. The number of halogens is 2. The summed E-state index contributed by atoms with van der Waals surface area (Å²) in [7, 11) is 0. The molecule has 0 saturated carbocycles. The molecule has 0 fully saturated rings. The first-order valence-corrected chi connectivity index (χ1v) is 5.86. The largest absolute Gasteiger partial charge is 0.0843 e. The highest BCUT2D eigenvalue weighted by Crippen LogP contribution is 2.27. The molecule has 0 amide bonds. The molecule has 0 aliphatic carbocycles. The third-order valence-corrected chi connectivity index (χ3v) is 3.05. The maximum atomic E-state index is 5.97. The van der Waals surface area contributed by atoms with E-state index in [0.717, 1.165) is 15.1 Å². The zero-order valence-corrected chi connectivity index (χ0v) is 10.6. The molecule has 0 bridgehead atoms. The summed E-state index contributed by atoms with van der Waals surface area (Å²) in [6.45, 7) is 2.10. The van der Waals surface area contributed by atoms with Crippen LogP contribution in [0.5, 0.6) is 0 Å². The van der Waals surface area contributed by atoms with Crippen LogP contribution < -0.4 is 0 Å². The second-order valence-electron chi connectivity index (χ2n) is 3.47. The fourth-order valence-corrected chi connectivity index (χ4v) is 2.27. The normalized spacial score (nSPS) is 10.3. The smallest absolute Gasteiger partial charge is 0.0412 e. The molecule has 0 nitrogen and oxygen atoms in total. The van der Waals surface area contributed by atoms with Crippen molar-refractivity contribution in [1.29, 1.82) is 0 Å². The second-order valence-corrected chi connectivity index (χ2v) is 4.82. The minimum Gasteiger partial charge on any atom is -0.0843 e. The SMILES string of the molecule is Cc1cc(Br)ccc1-c1cccc(Cl)c1. The van der Waals surface area contributed by atoms with Crippen LogP contribution in [0, 0.1) is 6.92 Å². The maximum absolute atomic E-state index is 5.97. The van der Waals surface area contributed by atoms with Crippen LogP contribution in [0.15, 0.2) is 46.9 Å². The van der Waals surface area contributed by atoms with Crippen LogP contribution in [0.4, 0.5) is 0 Å². The predicted molar refractivity (Wildman–Crippen MR) is 69.3 cm³/mol. The van der Waals surface area contributed by atoms with E-state index >= 15 is 0 Å². The van der Waals surface area contributed by atoms with Crippen molar-refractivity contribution in [3.8, 4) is 11.1 Å². The topological polar surface area (TPSA) is 0 Å². The van der Waals surface area contributed by atoms with Crippen molar-refractivity contribution < 1.29 is 0 Å². The third-order valence-electron chi connectivity index (χ3n) is 2.32. The molecule has 0 radical (unpaired) electrons. The van der Waals surface area contributed by atoms with E-state index in [-0.39, 0.29) is 0 Å². The predicted octanol–water partition coefficient (Wildman–Crippen LogP) is 5.08. The molecule has 0 saturated heterocycles. The Morgan fingerprint density at radius 2 is 1.87 bits per heavy atom. The zero-order chi connectivity index (χ0) is 10.8. The van der Waals surface area contributed by atoms with Gasteiger partial charge in [0.1, 0.15) is 0 Å². The van der Waals surface area contributed by atoms with Gasteiger partial charge >= 0.3 is 0 Å². The first-order valence-electron chi connectivity index (χ1n) is 4.69.